The number of nitrogens with one attached hydrogen (secondary N) is 1. The third-order valence-electron chi connectivity index (χ3n) is 4.58. The topological polar surface area (TPSA) is 45.2 Å². The fourth-order valence-corrected chi connectivity index (χ4v) is 3.00. The van der Waals surface area contributed by atoms with Crippen molar-refractivity contribution in [3.8, 4) is 0 Å². The Morgan fingerprint density at radius 3 is 2.46 bits per heavy atom. The average Bonchev–Trinajstić information content (AvgIpc) is 2.74. The summed E-state index contributed by atoms with van der Waals surface area (Å²) < 4.78 is 13.6. The van der Waals surface area contributed by atoms with E-state index in [2.05, 4.69) is 34.3 Å². The lowest BCUT2D eigenvalue weighted by molar-refractivity contribution is 0.0949. The molecule has 3 aromatic rings. The van der Waals surface area contributed by atoms with Gasteiger partial charge in [0.1, 0.15) is 11.5 Å². The van der Waals surface area contributed by atoms with Gasteiger partial charge < -0.3 is 10.2 Å². The highest BCUT2D eigenvalue weighted by Gasteiger charge is 2.10. The van der Waals surface area contributed by atoms with Crippen molar-refractivity contribution in [3.63, 3.8) is 0 Å². The minimum Gasteiger partial charge on any atom is -0.366 e. The summed E-state index contributed by atoms with van der Waals surface area (Å²) in [6.45, 7) is 4.07. The van der Waals surface area contributed by atoms with Gasteiger partial charge in [-0.25, -0.2) is 9.37 Å². The number of aromatic nitrogens is 1. The van der Waals surface area contributed by atoms with Gasteiger partial charge in [0.15, 0.2) is 0 Å². The highest BCUT2D eigenvalue weighted by Crippen LogP contribution is 2.16. The van der Waals surface area contributed by atoms with Gasteiger partial charge in [0.25, 0.3) is 5.91 Å². The molecule has 0 aliphatic rings. The predicted octanol–water partition coefficient (Wildman–Crippen LogP) is 4.22. The maximum Gasteiger partial charge on any atom is 0.269 e. The number of benzene rings is 2. The molecule has 28 heavy (non-hydrogen) atoms. The summed E-state index contributed by atoms with van der Waals surface area (Å²) in [6.07, 6.45) is 2.16. The van der Waals surface area contributed by atoms with Crippen LogP contribution in [0, 0.1) is 5.82 Å². The number of anilines is 1. The second-order valence-corrected chi connectivity index (χ2v) is 6.50. The molecule has 0 spiro atoms. The monoisotopic (exact) mass is 377 g/mol. The van der Waals surface area contributed by atoms with E-state index < -0.39 is 0 Å². The van der Waals surface area contributed by atoms with Crippen LogP contribution >= 0.6 is 0 Å². The Morgan fingerprint density at radius 2 is 1.79 bits per heavy atom. The Morgan fingerprint density at radius 1 is 1.04 bits per heavy atom. The van der Waals surface area contributed by atoms with Crippen LogP contribution in [0.25, 0.3) is 0 Å². The van der Waals surface area contributed by atoms with Crippen LogP contribution in [0.15, 0.2) is 72.9 Å². The molecule has 1 amide bonds. The third kappa shape index (κ3) is 5.16. The molecular weight excluding hydrogens is 353 g/mol. The smallest absolute Gasteiger partial charge is 0.269 e. The van der Waals surface area contributed by atoms with E-state index >= 15 is 0 Å². The van der Waals surface area contributed by atoms with Crippen LogP contribution in [0.4, 0.5) is 10.1 Å². The number of rotatable bonds is 8. The summed E-state index contributed by atoms with van der Waals surface area (Å²) in [5, 5.41) is 2.80. The highest BCUT2D eigenvalue weighted by molar-refractivity contribution is 5.92. The summed E-state index contributed by atoms with van der Waals surface area (Å²) in [5.74, 6) is -0.508. The highest BCUT2D eigenvalue weighted by atomic mass is 19.1. The quantitative estimate of drug-likeness (QED) is 0.639. The lowest BCUT2D eigenvalue weighted by Crippen LogP contribution is -2.27. The fourth-order valence-electron chi connectivity index (χ4n) is 3.00. The maximum absolute atomic E-state index is 13.6. The zero-order chi connectivity index (χ0) is 19.8. The molecule has 144 valence electrons. The second-order valence-electron chi connectivity index (χ2n) is 6.50. The third-order valence-corrected chi connectivity index (χ3v) is 4.58. The normalized spacial score (nSPS) is 10.5. The number of hydrogen-bond acceptors (Lipinski definition) is 3. The molecule has 0 aliphatic carbocycles. The number of carbonyl (C=O) groups is 1. The van der Waals surface area contributed by atoms with Crippen LogP contribution in [0.3, 0.4) is 0 Å². The maximum atomic E-state index is 13.6. The Bertz CT molecular complexity index is 897. The lowest BCUT2D eigenvalue weighted by Gasteiger charge is -2.23. The molecule has 0 saturated carbocycles. The van der Waals surface area contributed by atoms with Crippen LogP contribution in [0.5, 0.6) is 0 Å². The Balaban J connectivity index is 1.56. The number of halogens is 1. The van der Waals surface area contributed by atoms with E-state index in [9.17, 15) is 9.18 Å². The zero-order valence-corrected chi connectivity index (χ0v) is 15.9. The van der Waals surface area contributed by atoms with Crippen molar-refractivity contribution in [2.24, 2.45) is 0 Å². The number of carbonyl (C=O) groups excluding carboxylic acids is 1. The molecule has 5 heteroatoms. The van der Waals surface area contributed by atoms with Crippen LogP contribution in [-0.4, -0.2) is 24.0 Å². The van der Waals surface area contributed by atoms with Gasteiger partial charge in [-0.3, -0.25) is 4.79 Å². The first kappa shape index (κ1) is 19.5. The summed E-state index contributed by atoms with van der Waals surface area (Å²) in [5.41, 5.74) is 3.13. The molecule has 0 radical (unpaired) electrons. The van der Waals surface area contributed by atoms with Crippen LogP contribution < -0.4 is 10.2 Å². The van der Waals surface area contributed by atoms with E-state index in [4.69, 9.17) is 0 Å². The van der Waals surface area contributed by atoms with E-state index in [-0.39, 0.29) is 11.7 Å². The molecule has 1 heterocycles. The molecular formula is C23H24FN3O. The van der Waals surface area contributed by atoms with Crippen LogP contribution in [0.2, 0.25) is 0 Å². The van der Waals surface area contributed by atoms with Crippen molar-refractivity contribution in [2.75, 3.05) is 18.0 Å². The number of nitrogens with zero attached hydrogens (tertiary/aromatic N) is 2. The fraction of sp³-hybridized carbons (Fsp3) is 0.217. The van der Waals surface area contributed by atoms with Gasteiger partial charge in [0, 0.05) is 19.6 Å². The molecule has 0 atom stereocenters. The summed E-state index contributed by atoms with van der Waals surface area (Å²) >= 11 is 0. The molecule has 0 unspecified atom stereocenters. The molecule has 3 rings (SSSR count). The van der Waals surface area contributed by atoms with Crippen molar-refractivity contribution in [1.82, 2.24) is 10.3 Å². The first-order valence-electron chi connectivity index (χ1n) is 9.44. The van der Waals surface area contributed by atoms with Gasteiger partial charge >= 0.3 is 0 Å². The first-order valence-corrected chi connectivity index (χ1v) is 9.44. The number of amides is 1. The van der Waals surface area contributed by atoms with Crippen LogP contribution in [0.1, 0.15) is 28.5 Å². The average molecular weight is 377 g/mol. The second kappa shape index (κ2) is 9.65. The SMILES string of the molecule is CCN(Cc1ccccc1)c1ccc(C(=O)NCCc2ccccc2F)nc1. The number of pyridine rings is 1. The largest absolute Gasteiger partial charge is 0.366 e. The Labute approximate surface area is 165 Å². The minimum atomic E-state index is -0.256. The Hall–Kier alpha value is -3.21. The molecule has 4 nitrogen and oxygen atoms in total. The zero-order valence-electron chi connectivity index (χ0n) is 15.9. The van der Waals surface area contributed by atoms with Gasteiger partial charge in [-0.2, -0.15) is 0 Å². The van der Waals surface area contributed by atoms with Gasteiger partial charge in [0.2, 0.25) is 0 Å². The number of hydrogen-bond donors (Lipinski definition) is 1. The predicted molar refractivity (Wildman–Crippen MR) is 110 cm³/mol. The summed E-state index contributed by atoms with van der Waals surface area (Å²) in [4.78, 5) is 18.8. The standard InChI is InChI=1S/C23H24FN3O/c1-2-27(17-18-8-4-3-5-9-18)20-12-13-22(26-16-20)23(28)25-15-14-19-10-6-7-11-21(19)24/h3-13,16H,2,14-15,17H2,1H3,(H,25,28). The molecule has 0 saturated heterocycles. The molecule has 2 aromatic carbocycles. The van der Waals surface area contributed by atoms with Gasteiger partial charge in [-0.1, -0.05) is 48.5 Å². The molecule has 0 fully saturated rings. The van der Waals surface area contributed by atoms with Gasteiger partial charge in [-0.15, -0.1) is 0 Å². The van der Waals surface area contributed by atoms with Crippen molar-refractivity contribution in [3.05, 3.63) is 95.6 Å². The van der Waals surface area contributed by atoms with Crippen molar-refractivity contribution in [1.29, 1.82) is 0 Å². The molecule has 0 aliphatic heterocycles. The minimum absolute atomic E-state index is 0.253. The van der Waals surface area contributed by atoms with Crippen LogP contribution in [-0.2, 0) is 13.0 Å². The summed E-state index contributed by atoms with van der Waals surface area (Å²) in [7, 11) is 0. The van der Waals surface area contributed by atoms with Gasteiger partial charge in [-0.05, 0) is 42.7 Å². The summed E-state index contributed by atoms with van der Waals surface area (Å²) in [6, 6.07) is 20.4. The van der Waals surface area contributed by atoms with Crippen molar-refractivity contribution < 1.29 is 9.18 Å². The van der Waals surface area contributed by atoms with Crippen molar-refractivity contribution in [2.45, 2.75) is 19.9 Å². The van der Waals surface area contributed by atoms with E-state index in [1.165, 1.54) is 11.6 Å². The molecule has 0 bridgehead atoms. The van der Waals surface area contributed by atoms with E-state index in [0.29, 0.717) is 24.2 Å². The Kier molecular flexibility index (Phi) is 6.73. The molecule has 1 aromatic heterocycles. The van der Waals surface area contributed by atoms with Gasteiger partial charge in [0.05, 0.1) is 11.9 Å². The van der Waals surface area contributed by atoms with E-state index in [1.54, 1.807) is 30.5 Å². The van der Waals surface area contributed by atoms with E-state index in [1.807, 2.05) is 24.3 Å². The van der Waals surface area contributed by atoms with Crippen molar-refractivity contribution >= 4 is 11.6 Å². The van der Waals surface area contributed by atoms with E-state index in [0.717, 1.165) is 18.8 Å². The molecule has 1 N–H and O–H groups in total. The lowest BCUT2D eigenvalue weighted by atomic mass is 10.1. The first-order chi connectivity index (χ1) is 13.7.